The molecular formula is C23H22ClF3N2O8S. The van der Waals surface area contributed by atoms with Crippen LogP contribution in [-0.2, 0) is 36.7 Å². The van der Waals surface area contributed by atoms with Crippen molar-refractivity contribution in [1.82, 2.24) is 0 Å². The summed E-state index contributed by atoms with van der Waals surface area (Å²) in [5.74, 6) is -0.849. The predicted molar refractivity (Wildman–Crippen MR) is 131 cm³/mol. The lowest BCUT2D eigenvalue weighted by atomic mass is 10.1. The number of nitrogens with zero attached hydrogens (tertiary/aromatic N) is 2. The van der Waals surface area contributed by atoms with Crippen molar-refractivity contribution in [3.05, 3.63) is 74.3 Å². The van der Waals surface area contributed by atoms with Crippen LogP contribution in [0.15, 0.2) is 47.6 Å². The molecule has 2 aromatic rings. The van der Waals surface area contributed by atoms with Crippen LogP contribution in [-0.4, -0.2) is 47.1 Å². The van der Waals surface area contributed by atoms with Gasteiger partial charge in [-0.15, -0.1) is 0 Å². The van der Waals surface area contributed by atoms with Crippen molar-refractivity contribution < 1.29 is 46.7 Å². The SMILES string of the molecule is CCOC(=O)C(C)SC(=O)CO/N=C/c1ccc(COC(Oc2ccc(C(F)(F)F)cc2Cl)[N+](=O)[O-])cc1. The zero-order chi connectivity index (χ0) is 28.3. The summed E-state index contributed by atoms with van der Waals surface area (Å²) in [4.78, 5) is 38.6. The summed E-state index contributed by atoms with van der Waals surface area (Å²) in [6.07, 6.45) is -5.33. The lowest BCUT2D eigenvalue weighted by Crippen LogP contribution is -2.29. The third-order valence-corrected chi connectivity index (χ3v) is 5.64. The van der Waals surface area contributed by atoms with E-state index in [1.807, 2.05) is 0 Å². The van der Waals surface area contributed by atoms with E-state index >= 15 is 0 Å². The Morgan fingerprint density at radius 3 is 2.47 bits per heavy atom. The second kappa shape index (κ2) is 14.5. The van der Waals surface area contributed by atoms with E-state index in [0.29, 0.717) is 23.3 Å². The molecule has 0 saturated carbocycles. The molecule has 15 heteroatoms. The molecule has 10 nitrogen and oxygen atoms in total. The Balaban J connectivity index is 1.85. The van der Waals surface area contributed by atoms with Crippen molar-refractivity contribution in [1.29, 1.82) is 0 Å². The maximum absolute atomic E-state index is 12.8. The molecule has 0 aromatic heterocycles. The highest BCUT2D eigenvalue weighted by atomic mass is 35.5. The molecular weight excluding hydrogens is 557 g/mol. The highest BCUT2D eigenvalue weighted by Crippen LogP contribution is 2.35. The molecule has 2 unspecified atom stereocenters. The number of ether oxygens (including phenoxy) is 3. The van der Waals surface area contributed by atoms with Gasteiger partial charge in [0.25, 0.3) is 0 Å². The first kappa shape index (κ1) is 30.9. The summed E-state index contributed by atoms with van der Waals surface area (Å²) in [5.41, 5.74) is 0.0560. The first-order chi connectivity index (χ1) is 17.9. The number of oxime groups is 1. The van der Waals surface area contributed by atoms with Gasteiger partial charge < -0.3 is 14.3 Å². The van der Waals surface area contributed by atoms with E-state index in [9.17, 15) is 32.9 Å². The van der Waals surface area contributed by atoms with Gasteiger partial charge in [0.15, 0.2) is 6.61 Å². The summed E-state index contributed by atoms with van der Waals surface area (Å²) in [6, 6.07) is 8.49. The Labute approximate surface area is 224 Å². The van der Waals surface area contributed by atoms with Crippen LogP contribution in [0.3, 0.4) is 0 Å². The Morgan fingerprint density at radius 2 is 1.89 bits per heavy atom. The van der Waals surface area contributed by atoms with E-state index in [2.05, 4.69) is 5.16 Å². The maximum atomic E-state index is 12.8. The number of hydrogen-bond donors (Lipinski definition) is 0. The molecule has 0 bridgehead atoms. The molecule has 0 spiro atoms. The fourth-order valence-electron chi connectivity index (χ4n) is 2.61. The molecule has 2 aromatic carbocycles. The minimum atomic E-state index is -4.63. The van der Waals surface area contributed by atoms with Crippen molar-refractivity contribution in [3.63, 3.8) is 0 Å². The lowest BCUT2D eigenvalue weighted by molar-refractivity contribution is -0.621. The number of nitro groups is 1. The molecule has 0 heterocycles. The fraction of sp³-hybridized carbons (Fsp3) is 0.348. The highest BCUT2D eigenvalue weighted by Gasteiger charge is 2.32. The number of esters is 1. The average Bonchev–Trinajstić information content (AvgIpc) is 2.85. The summed E-state index contributed by atoms with van der Waals surface area (Å²) < 4.78 is 53.3. The summed E-state index contributed by atoms with van der Waals surface area (Å²) in [7, 11) is 0. The van der Waals surface area contributed by atoms with Crippen molar-refractivity contribution in [2.75, 3.05) is 13.2 Å². The normalized spacial score (nSPS) is 13.1. The third kappa shape index (κ3) is 10.2. The molecule has 0 aliphatic carbocycles. The minimum Gasteiger partial charge on any atom is -0.465 e. The summed E-state index contributed by atoms with van der Waals surface area (Å²) >= 11 is 6.54. The van der Waals surface area contributed by atoms with Gasteiger partial charge in [-0.25, -0.2) is 0 Å². The summed E-state index contributed by atoms with van der Waals surface area (Å²) in [5, 5.41) is 13.4. The second-order valence-electron chi connectivity index (χ2n) is 7.30. The van der Waals surface area contributed by atoms with Crippen molar-refractivity contribution in [2.24, 2.45) is 5.16 Å². The zero-order valence-corrected chi connectivity index (χ0v) is 21.5. The van der Waals surface area contributed by atoms with Crippen LogP contribution in [0, 0.1) is 10.1 Å². The van der Waals surface area contributed by atoms with E-state index < -0.39 is 44.4 Å². The predicted octanol–water partition coefficient (Wildman–Crippen LogP) is 5.08. The molecule has 0 aliphatic rings. The van der Waals surface area contributed by atoms with Crippen LogP contribution < -0.4 is 4.74 Å². The molecule has 0 radical (unpaired) electrons. The van der Waals surface area contributed by atoms with Crippen LogP contribution >= 0.6 is 23.4 Å². The molecule has 0 amide bonds. The van der Waals surface area contributed by atoms with Gasteiger partial charge in [-0.2, -0.15) is 13.2 Å². The molecule has 0 N–H and O–H groups in total. The Bertz CT molecular complexity index is 1150. The number of carbonyl (C=O) groups is 2. The van der Waals surface area contributed by atoms with E-state index in [0.717, 1.165) is 17.8 Å². The Morgan fingerprint density at radius 1 is 1.21 bits per heavy atom. The number of alkyl halides is 3. The monoisotopic (exact) mass is 578 g/mol. The largest absolute Gasteiger partial charge is 0.475 e. The van der Waals surface area contributed by atoms with Crippen molar-refractivity contribution in [2.45, 2.75) is 38.3 Å². The van der Waals surface area contributed by atoms with E-state index in [1.165, 1.54) is 6.21 Å². The Hall–Kier alpha value is -3.36. The number of halogens is 4. The molecule has 38 heavy (non-hydrogen) atoms. The molecule has 2 rings (SSSR count). The van der Waals surface area contributed by atoms with Crippen molar-refractivity contribution >= 4 is 40.7 Å². The topological polar surface area (TPSA) is 127 Å². The van der Waals surface area contributed by atoms with Crippen LogP contribution in [0.4, 0.5) is 13.2 Å². The molecule has 206 valence electrons. The van der Waals surface area contributed by atoms with Crippen LogP contribution in [0.2, 0.25) is 5.02 Å². The first-order valence-corrected chi connectivity index (χ1v) is 12.0. The highest BCUT2D eigenvalue weighted by molar-refractivity contribution is 8.14. The number of benzene rings is 2. The molecule has 2 atom stereocenters. The fourth-order valence-corrected chi connectivity index (χ4v) is 3.52. The molecule has 0 saturated heterocycles. The lowest BCUT2D eigenvalue weighted by Gasteiger charge is -2.14. The zero-order valence-electron chi connectivity index (χ0n) is 20.0. The van der Waals surface area contributed by atoms with Gasteiger partial charge in [0.1, 0.15) is 11.0 Å². The van der Waals surface area contributed by atoms with Gasteiger partial charge in [0.2, 0.25) is 5.12 Å². The molecule has 0 fully saturated rings. The first-order valence-electron chi connectivity index (χ1n) is 10.8. The smallest absolute Gasteiger partial charge is 0.465 e. The van der Waals surface area contributed by atoms with E-state index in [-0.39, 0.29) is 25.6 Å². The standard InChI is InChI=1S/C23H22ClF3N2O8S/c1-3-34-21(31)14(2)38-20(30)13-36-28-11-15-4-6-16(7-5-15)12-35-22(29(32)33)37-19-9-8-17(10-18(19)24)23(25,26)27/h4-11,14,22H,3,12-13H2,1-2H3/b28-11+. The number of thioether (sulfide) groups is 1. The van der Waals surface area contributed by atoms with Gasteiger partial charge >= 0.3 is 18.6 Å². The van der Waals surface area contributed by atoms with Gasteiger partial charge in [0, 0.05) is 0 Å². The van der Waals surface area contributed by atoms with Crippen LogP contribution in [0.1, 0.15) is 30.5 Å². The van der Waals surface area contributed by atoms with E-state index in [4.69, 9.17) is 30.6 Å². The van der Waals surface area contributed by atoms with Crippen LogP contribution in [0.5, 0.6) is 5.75 Å². The number of carbonyl (C=O) groups excluding carboxylic acids is 2. The van der Waals surface area contributed by atoms with Gasteiger partial charge in [0.05, 0.1) is 34.9 Å². The van der Waals surface area contributed by atoms with Gasteiger partial charge in [-0.3, -0.25) is 24.4 Å². The van der Waals surface area contributed by atoms with Gasteiger partial charge in [-0.1, -0.05) is 52.8 Å². The third-order valence-electron chi connectivity index (χ3n) is 4.42. The quantitative estimate of drug-likeness (QED) is 0.105. The van der Waals surface area contributed by atoms with Gasteiger partial charge in [-0.05, 0) is 43.2 Å². The maximum Gasteiger partial charge on any atom is 0.475 e. The van der Waals surface area contributed by atoms with Crippen molar-refractivity contribution in [3.8, 4) is 5.75 Å². The number of rotatable bonds is 13. The van der Waals surface area contributed by atoms with E-state index in [1.54, 1.807) is 38.1 Å². The number of hydrogen-bond acceptors (Lipinski definition) is 10. The Kier molecular flexibility index (Phi) is 11.8. The minimum absolute atomic E-state index is 0.214. The average molecular weight is 579 g/mol. The van der Waals surface area contributed by atoms with Crippen LogP contribution in [0.25, 0.3) is 0 Å². The molecule has 0 aliphatic heterocycles. The second-order valence-corrected chi connectivity index (χ2v) is 9.10. The summed E-state index contributed by atoms with van der Waals surface area (Å²) in [6.45, 7) is 2.80.